The fourth-order valence-electron chi connectivity index (χ4n) is 2.12. The SMILES string of the molecule is CCOc1cc(C(=O)N2CCSCC2)ccc1OCC(=O)O. The van der Waals surface area contributed by atoms with Gasteiger partial charge in [-0.2, -0.15) is 11.8 Å². The first-order valence-electron chi connectivity index (χ1n) is 7.10. The van der Waals surface area contributed by atoms with Crippen LogP contribution in [0.4, 0.5) is 0 Å². The molecule has 0 spiro atoms. The molecule has 0 aliphatic carbocycles. The summed E-state index contributed by atoms with van der Waals surface area (Å²) in [6, 6.07) is 4.84. The van der Waals surface area contributed by atoms with Crippen LogP contribution in [0.15, 0.2) is 18.2 Å². The van der Waals surface area contributed by atoms with Crippen LogP contribution in [0, 0.1) is 0 Å². The Kier molecular flexibility index (Phi) is 5.94. The standard InChI is InChI=1S/C15H19NO5S/c1-2-20-13-9-11(3-4-12(13)21-10-14(17)18)15(19)16-5-7-22-8-6-16/h3-4,9H,2,5-8,10H2,1H3,(H,17,18). The van der Waals surface area contributed by atoms with Crippen molar-refractivity contribution in [3.8, 4) is 11.5 Å². The number of carboxylic acid groups (broad SMARTS) is 1. The number of ether oxygens (including phenoxy) is 2. The minimum Gasteiger partial charge on any atom is -0.490 e. The fraction of sp³-hybridized carbons (Fsp3) is 0.467. The van der Waals surface area contributed by atoms with Gasteiger partial charge in [-0.3, -0.25) is 4.79 Å². The highest BCUT2D eigenvalue weighted by atomic mass is 32.2. The highest BCUT2D eigenvalue weighted by molar-refractivity contribution is 7.99. The van der Waals surface area contributed by atoms with Crippen molar-refractivity contribution in [2.45, 2.75) is 6.92 Å². The lowest BCUT2D eigenvalue weighted by Gasteiger charge is -2.26. The minimum atomic E-state index is -1.06. The molecule has 1 amide bonds. The average Bonchev–Trinajstić information content (AvgIpc) is 2.54. The van der Waals surface area contributed by atoms with Crippen LogP contribution in [0.2, 0.25) is 0 Å². The van der Waals surface area contributed by atoms with E-state index >= 15 is 0 Å². The molecule has 1 aliphatic heterocycles. The maximum Gasteiger partial charge on any atom is 0.341 e. The van der Waals surface area contributed by atoms with Crippen LogP contribution >= 0.6 is 11.8 Å². The Morgan fingerprint density at radius 3 is 2.59 bits per heavy atom. The van der Waals surface area contributed by atoms with Gasteiger partial charge in [-0.1, -0.05) is 0 Å². The largest absolute Gasteiger partial charge is 0.490 e. The second-order valence-electron chi connectivity index (χ2n) is 4.68. The first kappa shape index (κ1) is 16.5. The molecule has 120 valence electrons. The number of carboxylic acids is 1. The monoisotopic (exact) mass is 325 g/mol. The fourth-order valence-corrected chi connectivity index (χ4v) is 3.02. The molecule has 1 N–H and O–H groups in total. The van der Waals surface area contributed by atoms with E-state index in [2.05, 4.69) is 0 Å². The van der Waals surface area contributed by atoms with Crippen LogP contribution in [0.3, 0.4) is 0 Å². The van der Waals surface area contributed by atoms with E-state index in [4.69, 9.17) is 14.6 Å². The van der Waals surface area contributed by atoms with Gasteiger partial charge in [0.2, 0.25) is 0 Å². The quantitative estimate of drug-likeness (QED) is 0.858. The molecule has 0 atom stereocenters. The molecule has 1 aromatic carbocycles. The molecule has 0 saturated carbocycles. The number of nitrogens with zero attached hydrogens (tertiary/aromatic N) is 1. The van der Waals surface area contributed by atoms with Crippen molar-refractivity contribution in [2.75, 3.05) is 37.8 Å². The smallest absolute Gasteiger partial charge is 0.341 e. The Hall–Kier alpha value is -1.89. The van der Waals surface area contributed by atoms with Crippen LogP contribution in [-0.2, 0) is 4.79 Å². The summed E-state index contributed by atoms with van der Waals surface area (Å²) in [6.45, 7) is 3.25. The number of benzene rings is 1. The molecule has 6 nitrogen and oxygen atoms in total. The van der Waals surface area contributed by atoms with Gasteiger partial charge in [0.25, 0.3) is 5.91 Å². The maximum absolute atomic E-state index is 12.5. The predicted molar refractivity (Wildman–Crippen MR) is 84.0 cm³/mol. The Balaban J connectivity index is 2.16. The van der Waals surface area contributed by atoms with Gasteiger partial charge in [0.1, 0.15) is 0 Å². The highest BCUT2D eigenvalue weighted by Crippen LogP contribution is 2.29. The third-order valence-corrected chi connectivity index (χ3v) is 4.08. The molecule has 0 radical (unpaired) electrons. The summed E-state index contributed by atoms with van der Waals surface area (Å²) >= 11 is 1.84. The van der Waals surface area contributed by atoms with E-state index < -0.39 is 12.6 Å². The summed E-state index contributed by atoms with van der Waals surface area (Å²) in [4.78, 5) is 24.9. The van der Waals surface area contributed by atoms with Gasteiger partial charge in [-0.25, -0.2) is 4.79 Å². The average molecular weight is 325 g/mol. The van der Waals surface area contributed by atoms with Gasteiger partial charge in [0.05, 0.1) is 6.61 Å². The second-order valence-corrected chi connectivity index (χ2v) is 5.91. The second kappa shape index (κ2) is 7.93. The van der Waals surface area contributed by atoms with E-state index in [0.717, 1.165) is 24.6 Å². The molecule has 22 heavy (non-hydrogen) atoms. The molecule has 7 heteroatoms. The Morgan fingerprint density at radius 1 is 1.23 bits per heavy atom. The van der Waals surface area contributed by atoms with Gasteiger partial charge < -0.3 is 19.5 Å². The van der Waals surface area contributed by atoms with Gasteiger partial charge in [-0.15, -0.1) is 0 Å². The summed E-state index contributed by atoms with van der Waals surface area (Å²) < 4.78 is 10.6. The topological polar surface area (TPSA) is 76.1 Å². The van der Waals surface area contributed by atoms with Gasteiger partial charge in [0.15, 0.2) is 18.1 Å². The highest BCUT2D eigenvalue weighted by Gasteiger charge is 2.20. The zero-order valence-electron chi connectivity index (χ0n) is 12.4. The molecular formula is C15H19NO5S. The van der Waals surface area contributed by atoms with E-state index in [9.17, 15) is 9.59 Å². The van der Waals surface area contributed by atoms with Crippen molar-refractivity contribution in [2.24, 2.45) is 0 Å². The number of carbonyl (C=O) groups is 2. The van der Waals surface area contributed by atoms with E-state index in [0.29, 0.717) is 23.7 Å². The number of carbonyl (C=O) groups excluding carboxylic acids is 1. The van der Waals surface area contributed by atoms with Crippen LogP contribution in [-0.4, -0.2) is 59.7 Å². The molecule has 0 unspecified atom stereocenters. The molecule has 2 rings (SSSR count). The normalized spacial score (nSPS) is 14.5. The van der Waals surface area contributed by atoms with E-state index in [1.54, 1.807) is 18.2 Å². The summed E-state index contributed by atoms with van der Waals surface area (Å²) in [5.41, 5.74) is 0.526. The number of amides is 1. The minimum absolute atomic E-state index is 0.0361. The molecular weight excluding hydrogens is 306 g/mol. The lowest BCUT2D eigenvalue weighted by molar-refractivity contribution is -0.139. The first-order valence-corrected chi connectivity index (χ1v) is 8.25. The number of thioether (sulfide) groups is 1. The Morgan fingerprint density at radius 2 is 1.95 bits per heavy atom. The van der Waals surface area contributed by atoms with Crippen LogP contribution in [0.1, 0.15) is 17.3 Å². The summed E-state index contributed by atoms with van der Waals surface area (Å²) in [5.74, 6) is 1.52. The number of hydrogen-bond donors (Lipinski definition) is 1. The van der Waals surface area contributed by atoms with Crippen LogP contribution < -0.4 is 9.47 Å². The van der Waals surface area contributed by atoms with E-state index in [1.165, 1.54) is 0 Å². The van der Waals surface area contributed by atoms with Crippen LogP contribution in [0.25, 0.3) is 0 Å². The van der Waals surface area contributed by atoms with Gasteiger partial charge >= 0.3 is 5.97 Å². The van der Waals surface area contributed by atoms with Crippen LogP contribution in [0.5, 0.6) is 11.5 Å². The van der Waals surface area contributed by atoms with Gasteiger partial charge in [0, 0.05) is 30.2 Å². The predicted octanol–water partition coefficient (Wildman–Crippen LogP) is 1.74. The van der Waals surface area contributed by atoms with E-state index in [1.807, 2.05) is 23.6 Å². The van der Waals surface area contributed by atoms with Crippen molar-refractivity contribution in [3.63, 3.8) is 0 Å². The van der Waals surface area contributed by atoms with Crippen molar-refractivity contribution >= 4 is 23.6 Å². The van der Waals surface area contributed by atoms with Crippen molar-refractivity contribution in [3.05, 3.63) is 23.8 Å². The lowest BCUT2D eigenvalue weighted by Crippen LogP contribution is -2.37. The lowest BCUT2D eigenvalue weighted by atomic mass is 10.1. The summed E-state index contributed by atoms with van der Waals surface area (Å²) in [6.07, 6.45) is 0. The Bertz CT molecular complexity index is 543. The Labute approximate surface area is 133 Å². The molecule has 0 bridgehead atoms. The molecule has 1 fully saturated rings. The summed E-state index contributed by atoms with van der Waals surface area (Å²) in [7, 11) is 0. The summed E-state index contributed by atoms with van der Waals surface area (Å²) in [5, 5.41) is 8.68. The zero-order valence-corrected chi connectivity index (χ0v) is 13.2. The molecule has 1 aliphatic rings. The van der Waals surface area contributed by atoms with Crippen molar-refractivity contribution in [1.82, 2.24) is 4.90 Å². The molecule has 1 aromatic rings. The number of rotatable bonds is 6. The first-order chi connectivity index (χ1) is 10.6. The number of hydrogen-bond acceptors (Lipinski definition) is 5. The van der Waals surface area contributed by atoms with Crippen molar-refractivity contribution < 1.29 is 24.2 Å². The zero-order chi connectivity index (χ0) is 15.9. The third kappa shape index (κ3) is 4.30. The van der Waals surface area contributed by atoms with Crippen molar-refractivity contribution in [1.29, 1.82) is 0 Å². The van der Waals surface area contributed by atoms with E-state index in [-0.39, 0.29) is 5.91 Å². The molecule has 0 aromatic heterocycles. The molecule has 1 heterocycles. The number of aliphatic carboxylic acids is 1. The maximum atomic E-state index is 12.5. The third-order valence-electron chi connectivity index (χ3n) is 3.14. The molecule has 1 saturated heterocycles. The van der Waals surface area contributed by atoms with Gasteiger partial charge in [-0.05, 0) is 25.1 Å².